The van der Waals surface area contributed by atoms with Gasteiger partial charge in [-0.25, -0.2) is 19.6 Å². The van der Waals surface area contributed by atoms with E-state index in [2.05, 4.69) is 9.97 Å². The second-order valence-corrected chi connectivity index (χ2v) is 10.5. The smallest absolute Gasteiger partial charge is 0.333 e. The first-order chi connectivity index (χ1) is 20.3. The topological polar surface area (TPSA) is 159 Å². The average molecular weight is 629 g/mol. The molecule has 2 heterocycles. The van der Waals surface area contributed by atoms with Crippen molar-refractivity contribution < 1.29 is 38.9 Å². The number of carbonyl (C=O) groups is 4. The van der Waals surface area contributed by atoms with Crippen LogP contribution >= 0.6 is 23.2 Å². The van der Waals surface area contributed by atoms with Crippen LogP contribution in [0.4, 0.5) is 0 Å². The summed E-state index contributed by atoms with van der Waals surface area (Å²) in [6.45, 7) is 2.28. The molecular formula is C29H26Cl2N4O8. The van der Waals surface area contributed by atoms with E-state index in [1.54, 1.807) is 36.4 Å². The number of aromatic nitrogens is 2. The molecule has 224 valence electrons. The molecule has 4 rings (SSSR count). The number of benzene rings is 2. The Kier molecular flexibility index (Phi) is 9.22. The van der Waals surface area contributed by atoms with Crippen LogP contribution in [-0.2, 0) is 14.3 Å². The second-order valence-electron chi connectivity index (χ2n) is 9.79. The van der Waals surface area contributed by atoms with Gasteiger partial charge in [0.2, 0.25) is 0 Å². The maximum absolute atomic E-state index is 13.0. The summed E-state index contributed by atoms with van der Waals surface area (Å²) < 4.78 is 10.4. The first-order valence-electron chi connectivity index (χ1n) is 12.8. The maximum Gasteiger partial charge on any atom is 0.333 e. The quantitative estimate of drug-likeness (QED) is 0.164. The first kappa shape index (κ1) is 31.3. The molecular weight excluding hydrogens is 603 g/mol. The molecule has 4 aromatic rings. The van der Waals surface area contributed by atoms with Gasteiger partial charge in [0.1, 0.15) is 29.1 Å². The zero-order valence-electron chi connectivity index (χ0n) is 23.4. The van der Waals surface area contributed by atoms with Gasteiger partial charge in [0.05, 0.1) is 6.10 Å². The Labute approximate surface area is 255 Å². The standard InChI is InChI=1S/C29H26Cl2N4O8/c1-14(2)42-15-9-10-18-19(11-15)25(39)23(33-27(18)31)29(41)35(4)13-21(37)43-20(36)12-34(3)28(40)22-24(38)16-7-5-6-8-17(16)26(30)32-22/h5-11,14,38-39H,12-13H2,1-4H3. The Hall–Kier alpha value is -4.68. The van der Waals surface area contributed by atoms with E-state index in [9.17, 15) is 29.4 Å². The highest BCUT2D eigenvalue weighted by Gasteiger charge is 2.27. The molecule has 0 aliphatic rings. The van der Waals surface area contributed by atoms with Crippen LogP contribution in [0.5, 0.6) is 17.2 Å². The highest BCUT2D eigenvalue weighted by Crippen LogP contribution is 2.35. The minimum absolute atomic E-state index is 0.0202. The van der Waals surface area contributed by atoms with Crippen LogP contribution in [0.15, 0.2) is 42.5 Å². The van der Waals surface area contributed by atoms with Gasteiger partial charge in [-0.15, -0.1) is 0 Å². The van der Waals surface area contributed by atoms with Crippen molar-refractivity contribution in [3.8, 4) is 17.2 Å². The normalized spacial score (nSPS) is 11.0. The number of hydrogen-bond donors (Lipinski definition) is 2. The average Bonchev–Trinajstić information content (AvgIpc) is 2.95. The number of carbonyl (C=O) groups excluding carboxylic acids is 4. The van der Waals surface area contributed by atoms with E-state index < -0.39 is 54.0 Å². The molecule has 0 fully saturated rings. The molecule has 2 N–H and O–H groups in total. The van der Waals surface area contributed by atoms with Crippen LogP contribution in [0.3, 0.4) is 0 Å². The van der Waals surface area contributed by atoms with Gasteiger partial charge >= 0.3 is 11.9 Å². The summed E-state index contributed by atoms with van der Waals surface area (Å²) in [6, 6.07) is 11.3. The zero-order chi connectivity index (χ0) is 31.6. The van der Waals surface area contributed by atoms with Gasteiger partial charge in [-0.1, -0.05) is 47.5 Å². The molecule has 43 heavy (non-hydrogen) atoms. The Morgan fingerprint density at radius 1 is 0.767 bits per heavy atom. The molecule has 0 saturated heterocycles. The van der Waals surface area contributed by atoms with Crippen molar-refractivity contribution >= 4 is 68.5 Å². The molecule has 0 aliphatic heterocycles. The number of nitrogens with zero attached hydrogens (tertiary/aromatic N) is 4. The monoisotopic (exact) mass is 628 g/mol. The van der Waals surface area contributed by atoms with Crippen molar-refractivity contribution in [3.63, 3.8) is 0 Å². The van der Waals surface area contributed by atoms with Crippen molar-refractivity contribution in [2.75, 3.05) is 27.2 Å². The van der Waals surface area contributed by atoms with Gasteiger partial charge in [-0.3, -0.25) is 9.59 Å². The van der Waals surface area contributed by atoms with Crippen LogP contribution in [0.2, 0.25) is 10.3 Å². The van der Waals surface area contributed by atoms with Crippen LogP contribution < -0.4 is 4.74 Å². The van der Waals surface area contributed by atoms with E-state index >= 15 is 0 Å². The maximum atomic E-state index is 13.0. The van der Waals surface area contributed by atoms with E-state index in [0.29, 0.717) is 21.9 Å². The molecule has 2 amide bonds. The zero-order valence-corrected chi connectivity index (χ0v) is 24.9. The summed E-state index contributed by atoms with van der Waals surface area (Å²) in [5, 5.41) is 22.6. The van der Waals surface area contributed by atoms with E-state index in [0.717, 1.165) is 9.80 Å². The predicted molar refractivity (Wildman–Crippen MR) is 158 cm³/mol. The number of halogens is 2. The lowest BCUT2D eigenvalue weighted by atomic mass is 10.1. The fourth-order valence-electron chi connectivity index (χ4n) is 4.17. The Morgan fingerprint density at radius 2 is 1.23 bits per heavy atom. The lowest BCUT2D eigenvalue weighted by molar-refractivity contribution is -0.160. The highest BCUT2D eigenvalue weighted by molar-refractivity contribution is 6.35. The van der Waals surface area contributed by atoms with Gasteiger partial charge in [0.15, 0.2) is 22.9 Å². The van der Waals surface area contributed by atoms with Gasteiger partial charge < -0.3 is 29.5 Å². The van der Waals surface area contributed by atoms with Crippen molar-refractivity contribution in [1.82, 2.24) is 19.8 Å². The molecule has 12 nitrogen and oxygen atoms in total. The number of pyridine rings is 2. The van der Waals surface area contributed by atoms with Crippen LogP contribution in [0.25, 0.3) is 21.5 Å². The summed E-state index contributed by atoms with van der Waals surface area (Å²) >= 11 is 12.4. The largest absolute Gasteiger partial charge is 0.505 e. The lowest BCUT2D eigenvalue weighted by Gasteiger charge is -2.19. The molecule has 0 atom stereocenters. The van der Waals surface area contributed by atoms with E-state index in [-0.39, 0.29) is 27.5 Å². The SMILES string of the molecule is CC(C)Oc1ccc2c(Cl)nc(C(=O)N(C)CC(=O)OC(=O)CN(C)C(=O)c3nc(Cl)c4ccccc4c3O)c(O)c2c1. The van der Waals surface area contributed by atoms with E-state index in [4.69, 9.17) is 32.7 Å². The molecule has 0 saturated carbocycles. The van der Waals surface area contributed by atoms with E-state index in [1.807, 2.05) is 13.8 Å². The first-order valence-corrected chi connectivity index (χ1v) is 13.5. The highest BCUT2D eigenvalue weighted by atomic mass is 35.5. The van der Waals surface area contributed by atoms with Gasteiger partial charge in [-0.05, 0) is 32.0 Å². The second kappa shape index (κ2) is 12.7. The fraction of sp³-hybridized carbons (Fsp3) is 0.241. The minimum Gasteiger partial charge on any atom is -0.505 e. The van der Waals surface area contributed by atoms with Gasteiger partial charge in [-0.2, -0.15) is 0 Å². The summed E-state index contributed by atoms with van der Waals surface area (Å²) in [5.41, 5.74) is -0.813. The molecule has 0 spiro atoms. The predicted octanol–water partition coefficient (Wildman–Crippen LogP) is 4.20. The molecule has 0 bridgehead atoms. The van der Waals surface area contributed by atoms with Crippen LogP contribution in [0, 0.1) is 0 Å². The van der Waals surface area contributed by atoms with Crippen molar-refractivity contribution in [3.05, 3.63) is 64.2 Å². The molecule has 0 aliphatic carbocycles. The third-order valence-electron chi connectivity index (χ3n) is 6.17. The summed E-state index contributed by atoms with van der Waals surface area (Å²) in [6.07, 6.45) is -0.142. The third-order valence-corrected chi connectivity index (χ3v) is 6.75. The van der Waals surface area contributed by atoms with Gasteiger partial charge in [0, 0.05) is 35.6 Å². The fourth-order valence-corrected chi connectivity index (χ4v) is 4.67. The Balaban J connectivity index is 1.41. The van der Waals surface area contributed by atoms with E-state index in [1.165, 1.54) is 20.2 Å². The molecule has 14 heteroatoms. The van der Waals surface area contributed by atoms with Crippen LogP contribution in [-0.4, -0.2) is 87.0 Å². The summed E-state index contributed by atoms with van der Waals surface area (Å²) in [4.78, 5) is 60.5. The molecule has 0 radical (unpaired) electrons. The Bertz CT molecular complexity index is 1780. The number of hydrogen-bond acceptors (Lipinski definition) is 10. The minimum atomic E-state index is -1.12. The number of fused-ring (bicyclic) bond motifs is 2. The number of esters is 2. The van der Waals surface area contributed by atoms with Crippen LogP contribution in [0.1, 0.15) is 34.8 Å². The summed E-state index contributed by atoms with van der Waals surface area (Å²) in [5.74, 6) is -4.40. The molecule has 2 aromatic heterocycles. The third kappa shape index (κ3) is 6.71. The lowest BCUT2D eigenvalue weighted by Crippen LogP contribution is -2.37. The van der Waals surface area contributed by atoms with Crippen molar-refractivity contribution in [2.24, 2.45) is 0 Å². The Morgan fingerprint density at radius 3 is 1.74 bits per heavy atom. The number of amides is 2. The van der Waals surface area contributed by atoms with Crippen molar-refractivity contribution in [1.29, 1.82) is 0 Å². The summed E-state index contributed by atoms with van der Waals surface area (Å²) in [7, 11) is 2.47. The molecule has 0 unspecified atom stereocenters. The molecule has 2 aromatic carbocycles. The number of aromatic hydroxyl groups is 2. The van der Waals surface area contributed by atoms with Crippen molar-refractivity contribution in [2.45, 2.75) is 20.0 Å². The number of rotatable bonds is 8. The number of ether oxygens (including phenoxy) is 2. The van der Waals surface area contributed by atoms with Gasteiger partial charge in [0.25, 0.3) is 11.8 Å². The number of likely N-dealkylation sites (N-methyl/N-ethyl adjacent to an activating group) is 2.